The molecule has 2 N–H and O–H groups in total. The van der Waals surface area contributed by atoms with Gasteiger partial charge in [0.1, 0.15) is 18.5 Å². The molecule has 0 saturated carbocycles. The van der Waals surface area contributed by atoms with Crippen molar-refractivity contribution in [1.82, 2.24) is 5.32 Å². The summed E-state index contributed by atoms with van der Waals surface area (Å²) in [7, 11) is 1.03. The molecular weight excluding hydrogens is 242 g/mol. The van der Waals surface area contributed by atoms with E-state index in [1.165, 1.54) is 24.3 Å². The molecule has 4 heteroatoms. The van der Waals surface area contributed by atoms with Gasteiger partial charge < -0.3 is 19.9 Å². The normalized spacial score (nSPS) is 25.6. The van der Waals surface area contributed by atoms with Crippen molar-refractivity contribution in [2.75, 3.05) is 26.8 Å². The Bertz CT molecular complexity index is 703. The van der Waals surface area contributed by atoms with Crippen LogP contribution in [0.1, 0.15) is 35.7 Å². The van der Waals surface area contributed by atoms with E-state index in [4.69, 9.17) is 21.2 Å². The Morgan fingerprint density at radius 3 is 2.74 bits per heavy atom. The highest BCUT2D eigenvalue weighted by atomic mass is 16.5. The van der Waals surface area contributed by atoms with Crippen LogP contribution in [0.3, 0.4) is 0 Å². The molecule has 1 unspecified atom stereocenters. The smallest absolute Gasteiger partial charge is 0.119 e. The van der Waals surface area contributed by atoms with E-state index in [2.05, 4.69) is 4.74 Å². The molecule has 0 fully saturated rings. The van der Waals surface area contributed by atoms with Crippen LogP contribution < -0.4 is 10.1 Å². The van der Waals surface area contributed by atoms with Gasteiger partial charge in [0.15, 0.2) is 0 Å². The zero-order valence-corrected chi connectivity index (χ0v) is 10.4. The van der Waals surface area contributed by atoms with Gasteiger partial charge in [0.05, 0.1) is 9.30 Å². The average molecular weight is 279 g/mol. The molecule has 1 aromatic carbocycles. The lowest BCUT2D eigenvalue weighted by atomic mass is 10.1. The first kappa shape index (κ1) is 5.72. The Balaban J connectivity index is 2.86. The second-order valence-corrected chi connectivity index (χ2v) is 3.50. The Kier molecular flexibility index (Phi) is 2.68. The molecule has 4 nitrogen and oxygen atoms in total. The van der Waals surface area contributed by atoms with Gasteiger partial charge in [-0.15, -0.1) is 0 Å². The Labute approximate surface area is 132 Å². The van der Waals surface area contributed by atoms with Crippen molar-refractivity contribution < 1.29 is 31.0 Å². The number of aryl methyl sites for hydroxylation is 1. The highest BCUT2D eigenvalue weighted by Gasteiger charge is 2.05. The van der Waals surface area contributed by atoms with Crippen molar-refractivity contribution >= 4 is 0 Å². The largest absolute Gasteiger partial charge is 0.491 e. The minimum Gasteiger partial charge on any atom is -0.491 e. The minimum atomic E-state index is -3.05. The molecule has 1 aromatic rings. The molecule has 0 saturated heterocycles. The van der Waals surface area contributed by atoms with Gasteiger partial charge in [-0.25, -0.2) is 0 Å². The third kappa shape index (κ3) is 7.15. The van der Waals surface area contributed by atoms with Crippen molar-refractivity contribution in [3.8, 4) is 5.75 Å². The highest BCUT2D eigenvalue weighted by Crippen LogP contribution is 2.12. The van der Waals surface area contributed by atoms with Crippen molar-refractivity contribution in [3.63, 3.8) is 0 Å². The number of benzene rings is 1. The predicted molar refractivity (Wildman–Crippen MR) is 76.7 cm³/mol. The van der Waals surface area contributed by atoms with Crippen LogP contribution in [0.15, 0.2) is 24.3 Å². The van der Waals surface area contributed by atoms with Crippen LogP contribution in [0, 0.1) is 0 Å². The molecule has 0 heterocycles. The van der Waals surface area contributed by atoms with Crippen LogP contribution in [0.25, 0.3) is 0 Å². The van der Waals surface area contributed by atoms with Gasteiger partial charge in [0.25, 0.3) is 0 Å². The van der Waals surface area contributed by atoms with E-state index in [0.717, 1.165) is 7.11 Å². The lowest BCUT2D eigenvalue weighted by Crippen LogP contribution is -2.35. The second-order valence-electron chi connectivity index (χ2n) is 3.50. The summed E-state index contributed by atoms with van der Waals surface area (Å²) in [5, 5.41) is 11.9. The summed E-state index contributed by atoms with van der Waals surface area (Å²) in [5.41, 5.74) is -0.0533. The quantitative estimate of drug-likeness (QED) is 0.721. The van der Waals surface area contributed by atoms with E-state index < -0.39 is 51.9 Å². The first-order chi connectivity index (χ1) is 13.8. The highest BCUT2D eigenvalue weighted by molar-refractivity contribution is 5.27. The molecule has 0 spiro atoms. The average Bonchev–Trinajstić information content (AvgIpc) is 2.62. The maximum Gasteiger partial charge on any atom is 0.119 e. The Hall–Kier alpha value is -1.10. The summed E-state index contributed by atoms with van der Waals surface area (Å²) >= 11 is 0. The molecular formula is C15H25NO3. The molecule has 1 rings (SSSR count). The van der Waals surface area contributed by atoms with Gasteiger partial charge in [-0.2, -0.15) is 0 Å². The maximum atomic E-state index is 10.1. The summed E-state index contributed by atoms with van der Waals surface area (Å²) in [6.07, 6.45) is -4.44. The van der Waals surface area contributed by atoms with Crippen molar-refractivity contribution in [1.29, 1.82) is 0 Å². The molecule has 108 valence electrons. The standard InChI is InChI=1S/C15H25NO3/c1-12(2)16-10-14(17)11-19-15-6-4-13(5-7-15)8-9-18-3/h4-7,12,14,16-17H,8-11H2,1-3H3/i1D3,2D3,8D2,9D2,10D2. The van der Waals surface area contributed by atoms with Crippen LogP contribution in [-0.2, 0) is 11.1 Å². The number of ether oxygens (including phenoxy) is 2. The molecule has 0 aromatic heterocycles. The van der Waals surface area contributed by atoms with Gasteiger partial charge in [-0.1, -0.05) is 25.8 Å². The zero-order valence-electron chi connectivity index (χ0n) is 22.4. The fourth-order valence-electron chi connectivity index (χ4n) is 1.14. The van der Waals surface area contributed by atoms with Gasteiger partial charge in [-0.05, 0) is 24.1 Å². The molecule has 0 radical (unpaired) electrons. The fraction of sp³-hybridized carbons (Fsp3) is 0.600. The van der Waals surface area contributed by atoms with Gasteiger partial charge in [-0.3, -0.25) is 0 Å². The van der Waals surface area contributed by atoms with Crippen molar-refractivity contribution in [2.45, 2.75) is 32.2 Å². The summed E-state index contributed by atoms with van der Waals surface area (Å²) in [6, 6.07) is 2.77. The van der Waals surface area contributed by atoms with E-state index in [0.29, 0.717) is 0 Å². The third-order valence-corrected chi connectivity index (χ3v) is 1.95. The predicted octanol–water partition coefficient (Wildman–Crippen LogP) is 1.61. The van der Waals surface area contributed by atoms with Crippen LogP contribution >= 0.6 is 0 Å². The van der Waals surface area contributed by atoms with E-state index in [-0.39, 0.29) is 11.3 Å². The van der Waals surface area contributed by atoms with Crippen molar-refractivity contribution in [2.24, 2.45) is 0 Å². The van der Waals surface area contributed by atoms with E-state index in [1.54, 1.807) is 0 Å². The molecule has 0 aliphatic heterocycles. The van der Waals surface area contributed by atoms with Crippen LogP contribution in [-0.4, -0.2) is 44.0 Å². The molecule has 0 aliphatic rings. The molecule has 1 atom stereocenters. The topological polar surface area (TPSA) is 50.7 Å². The SMILES string of the molecule is [2H]C([2H])([2H])C(NC([2H])([2H])C(O)COc1ccc(C([2H])([2H])C([2H])([2H])OC)cc1)C([2H])([2H])[2H]. The van der Waals surface area contributed by atoms with E-state index in [1.807, 2.05) is 5.32 Å². The molecule has 0 bridgehead atoms. The summed E-state index contributed by atoms with van der Waals surface area (Å²) in [6.45, 7) is -12.2. The van der Waals surface area contributed by atoms with Gasteiger partial charge in [0.2, 0.25) is 0 Å². The summed E-state index contributed by atoms with van der Waals surface area (Å²) < 4.78 is 100. The maximum absolute atomic E-state index is 10.1. The fourth-order valence-corrected chi connectivity index (χ4v) is 1.14. The van der Waals surface area contributed by atoms with E-state index in [9.17, 15) is 5.11 Å². The molecule has 0 amide bonds. The lowest BCUT2D eigenvalue weighted by Gasteiger charge is -2.15. The third-order valence-electron chi connectivity index (χ3n) is 1.95. The van der Waals surface area contributed by atoms with Crippen molar-refractivity contribution in [3.05, 3.63) is 29.8 Å². The number of hydrogen-bond acceptors (Lipinski definition) is 4. The molecule has 19 heavy (non-hydrogen) atoms. The van der Waals surface area contributed by atoms with Gasteiger partial charge in [0, 0.05) is 33.4 Å². The number of nitrogens with one attached hydrogen (secondary N) is 1. The van der Waals surface area contributed by atoms with Crippen LogP contribution in [0.2, 0.25) is 0 Å². The Morgan fingerprint density at radius 1 is 1.37 bits per heavy atom. The number of rotatable bonds is 9. The number of aliphatic hydroxyl groups is 1. The summed E-state index contributed by atoms with van der Waals surface area (Å²) in [4.78, 5) is 0. The van der Waals surface area contributed by atoms with Crippen LogP contribution in [0.5, 0.6) is 5.75 Å². The zero-order chi connectivity index (χ0) is 24.5. The minimum absolute atomic E-state index is 0.0533. The van der Waals surface area contributed by atoms with Gasteiger partial charge >= 0.3 is 0 Å². The lowest BCUT2D eigenvalue weighted by molar-refractivity contribution is 0.104. The Morgan fingerprint density at radius 2 is 2.11 bits per heavy atom. The van der Waals surface area contributed by atoms with Crippen LogP contribution in [0.4, 0.5) is 0 Å². The monoisotopic (exact) mass is 279 g/mol. The first-order valence-electron chi connectivity index (χ1n) is 11.5. The second kappa shape index (κ2) is 8.91. The number of aliphatic hydroxyl groups excluding tert-OH is 1. The number of methoxy groups -OCH3 is 1. The molecule has 0 aliphatic carbocycles. The van der Waals surface area contributed by atoms with E-state index >= 15 is 0 Å². The number of hydrogen-bond donors (Lipinski definition) is 2. The first-order valence-corrected chi connectivity index (χ1v) is 5.50. The summed E-state index contributed by atoms with van der Waals surface area (Å²) in [5.74, 6) is 0.0792.